The minimum atomic E-state index is 0.839. The van der Waals surface area contributed by atoms with Gasteiger partial charge in [-0.15, -0.1) is 0 Å². The van der Waals surface area contributed by atoms with Crippen LogP contribution in [-0.4, -0.2) is 0 Å². The number of hydrogen-bond acceptors (Lipinski definition) is 2. The van der Waals surface area contributed by atoms with E-state index in [1.165, 1.54) is 49.4 Å². The summed E-state index contributed by atoms with van der Waals surface area (Å²) in [5, 5.41) is 8.23. The lowest BCUT2D eigenvalue weighted by atomic mass is 9.85. The minimum Gasteiger partial charge on any atom is -0.464 e. The molecule has 0 N–H and O–H groups in total. The highest BCUT2D eigenvalue weighted by molar-refractivity contribution is 6.22. The number of benzene rings is 7. The molecule has 196 valence electrons. The van der Waals surface area contributed by atoms with E-state index in [1.807, 2.05) is 12.1 Å². The van der Waals surface area contributed by atoms with Crippen LogP contribution in [0.4, 0.5) is 0 Å². The molecular weight excluding hydrogens is 512 g/mol. The van der Waals surface area contributed by atoms with Gasteiger partial charge in [0.25, 0.3) is 0 Å². The summed E-state index contributed by atoms with van der Waals surface area (Å²) in [7, 11) is 0. The molecule has 9 rings (SSSR count). The highest BCUT2D eigenvalue weighted by Crippen LogP contribution is 2.45. The number of furan rings is 2. The molecule has 2 aromatic heterocycles. The monoisotopic (exact) mass is 536 g/mol. The van der Waals surface area contributed by atoms with E-state index in [0.717, 1.165) is 38.5 Å². The zero-order valence-corrected chi connectivity index (χ0v) is 22.7. The third-order valence-corrected chi connectivity index (χ3v) is 8.52. The second-order valence-electron chi connectivity index (χ2n) is 10.9. The first-order valence-electron chi connectivity index (χ1n) is 14.2. The summed E-state index contributed by atoms with van der Waals surface area (Å²) < 4.78 is 12.0. The molecule has 0 aliphatic heterocycles. The molecule has 0 fully saturated rings. The van der Waals surface area contributed by atoms with E-state index in [4.69, 9.17) is 8.83 Å². The van der Waals surface area contributed by atoms with Crippen molar-refractivity contribution in [1.29, 1.82) is 0 Å². The first-order chi connectivity index (χ1) is 20.8. The van der Waals surface area contributed by atoms with E-state index in [0.29, 0.717) is 0 Å². The third-order valence-electron chi connectivity index (χ3n) is 8.52. The van der Waals surface area contributed by atoms with Crippen LogP contribution in [0.3, 0.4) is 0 Å². The molecule has 0 saturated heterocycles. The van der Waals surface area contributed by atoms with E-state index >= 15 is 0 Å². The van der Waals surface area contributed by atoms with Crippen LogP contribution in [0.15, 0.2) is 155 Å². The van der Waals surface area contributed by atoms with Gasteiger partial charge in [-0.2, -0.15) is 0 Å². The molecule has 0 bridgehead atoms. The second kappa shape index (κ2) is 8.95. The maximum Gasteiger partial charge on any atom is 0.139 e. The van der Waals surface area contributed by atoms with Crippen LogP contribution in [0, 0.1) is 0 Å². The van der Waals surface area contributed by atoms with E-state index < -0.39 is 0 Å². The van der Waals surface area contributed by atoms with Crippen molar-refractivity contribution in [1.82, 2.24) is 0 Å². The normalized spacial score (nSPS) is 11.8. The Labute approximate surface area is 242 Å². The average molecular weight is 537 g/mol. The molecule has 0 saturated carbocycles. The van der Waals surface area contributed by atoms with Crippen LogP contribution in [0.25, 0.3) is 87.8 Å². The third kappa shape index (κ3) is 3.45. The molecule has 9 aromatic rings. The first-order valence-corrected chi connectivity index (χ1v) is 14.2. The number of hydrogen-bond donors (Lipinski definition) is 0. The number of rotatable bonds is 3. The highest BCUT2D eigenvalue weighted by Gasteiger charge is 2.18. The molecule has 0 unspecified atom stereocenters. The lowest BCUT2D eigenvalue weighted by Crippen LogP contribution is -1.91. The summed E-state index contributed by atoms with van der Waals surface area (Å²) >= 11 is 0. The summed E-state index contributed by atoms with van der Waals surface area (Å²) in [5.41, 5.74) is 9.83. The minimum absolute atomic E-state index is 0.839. The number of fused-ring (bicyclic) bond motifs is 6. The second-order valence-corrected chi connectivity index (χ2v) is 10.9. The standard InChI is InChI=1S/C40H24O2/c1-2-9-25(10-3-1)26-11-8-12-28(21-26)39-31-13-4-6-15-33(31)40(34-16-7-5-14-32(34)39)29-17-18-30-35-22-27-19-20-41-36(27)24-38(35)42-37(30)23-29/h1-24H. The van der Waals surface area contributed by atoms with Gasteiger partial charge >= 0.3 is 0 Å². The molecule has 42 heavy (non-hydrogen) atoms. The largest absolute Gasteiger partial charge is 0.464 e. The van der Waals surface area contributed by atoms with Gasteiger partial charge in [-0.3, -0.25) is 0 Å². The Morgan fingerprint density at radius 2 is 0.929 bits per heavy atom. The van der Waals surface area contributed by atoms with Gasteiger partial charge in [-0.25, -0.2) is 0 Å². The Bertz CT molecular complexity index is 2400. The topological polar surface area (TPSA) is 26.3 Å². The van der Waals surface area contributed by atoms with Crippen LogP contribution in [0.1, 0.15) is 0 Å². The van der Waals surface area contributed by atoms with Gasteiger partial charge in [0.2, 0.25) is 0 Å². The van der Waals surface area contributed by atoms with Gasteiger partial charge in [0.15, 0.2) is 0 Å². The summed E-state index contributed by atoms with van der Waals surface area (Å²) in [6, 6.07) is 49.9. The van der Waals surface area contributed by atoms with Crippen molar-refractivity contribution < 1.29 is 8.83 Å². The van der Waals surface area contributed by atoms with E-state index in [1.54, 1.807) is 6.26 Å². The zero-order valence-electron chi connectivity index (χ0n) is 22.7. The van der Waals surface area contributed by atoms with E-state index in [-0.39, 0.29) is 0 Å². The van der Waals surface area contributed by atoms with Gasteiger partial charge < -0.3 is 8.83 Å². The average Bonchev–Trinajstić information content (AvgIpc) is 3.66. The highest BCUT2D eigenvalue weighted by atomic mass is 16.3. The predicted octanol–water partition coefficient (Wildman–Crippen LogP) is 11.6. The zero-order chi connectivity index (χ0) is 27.6. The van der Waals surface area contributed by atoms with Gasteiger partial charge in [0.1, 0.15) is 16.7 Å². The van der Waals surface area contributed by atoms with Gasteiger partial charge in [0.05, 0.1) is 6.26 Å². The Morgan fingerprint density at radius 1 is 0.333 bits per heavy atom. The molecular formula is C40H24O2. The molecule has 0 atom stereocenters. The maximum absolute atomic E-state index is 6.40. The van der Waals surface area contributed by atoms with Gasteiger partial charge in [-0.05, 0) is 85.3 Å². The Morgan fingerprint density at radius 3 is 1.64 bits per heavy atom. The first kappa shape index (κ1) is 23.1. The van der Waals surface area contributed by atoms with Crippen LogP contribution >= 0.6 is 0 Å². The fourth-order valence-corrected chi connectivity index (χ4v) is 6.62. The fourth-order valence-electron chi connectivity index (χ4n) is 6.62. The smallest absolute Gasteiger partial charge is 0.139 e. The Hall–Kier alpha value is -5.60. The quantitative estimate of drug-likeness (QED) is 0.210. The summed E-state index contributed by atoms with van der Waals surface area (Å²) in [6.45, 7) is 0. The molecule has 2 heteroatoms. The Balaban J connectivity index is 1.31. The van der Waals surface area contributed by atoms with Crippen LogP contribution < -0.4 is 0 Å². The van der Waals surface area contributed by atoms with Crippen molar-refractivity contribution in [3.8, 4) is 33.4 Å². The SMILES string of the molecule is c1ccc(-c2cccc(-c3c4ccccc4c(-c4ccc5c(c4)oc4cc6occc6cc45)c4ccccc34)c2)cc1. The summed E-state index contributed by atoms with van der Waals surface area (Å²) in [5.74, 6) is 0. The lowest BCUT2D eigenvalue weighted by Gasteiger charge is -2.18. The van der Waals surface area contributed by atoms with Crippen molar-refractivity contribution in [2.24, 2.45) is 0 Å². The molecule has 7 aromatic carbocycles. The van der Waals surface area contributed by atoms with Crippen LogP contribution in [0.2, 0.25) is 0 Å². The van der Waals surface area contributed by atoms with E-state index in [2.05, 4.69) is 127 Å². The van der Waals surface area contributed by atoms with Gasteiger partial charge in [0, 0.05) is 22.2 Å². The fraction of sp³-hybridized carbons (Fsp3) is 0. The van der Waals surface area contributed by atoms with Crippen molar-refractivity contribution in [2.45, 2.75) is 0 Å². The maximum atomic E-state index is 6.40. The molecule has 0 spiro atoms. The molecule has 0 aliphatic carbocycles. The Kier molecular flexibility index (Phi) is 4.93. The van der Waals surface area contributed by atoms with Crippen LogP contribution in [0.5, 0.6) is 0 Å². The molecule has 2 heterocycles. The van der Waals surface area contributed by atoms with Gasteiger partial charge in [-0.1, -0.05) is 103 Å². The van der Waals surface area contributed by atoms with Crippen molar-refractivity contribution in [3.05, 3.63) is 146 Å². The lowest BCUT2D eigenvalue weighted by molar-refractivity contribution is 0.613. The van der Waals surface area contributed by atoms with Crippen molar-refractivity contribution in [2.75, 3.05) is 0 Å². The van der Waals surface area contributed by atoms with Crippen molar-refractivity contribution in [3.63, 3.8) is 0 Å². The molecule has 0 amide bonds. The summed E-state index contributed by atoms with van der Waals surface area (Å²) in [6.07, 6.45) is 1.72. The molecule has 0 aliphatic rings. The van der Waals surface area contributed by atoms with E-state index in [9.17, 15) is 0 Å². The summed E-state index contributed by atoms with van der Waals surface area (Å²) in [4.78, 5) is 0. The van der Waals surface area contributed by atoms with Crippen molar-refractivity contribution >= 4 is 54.5 Å². The predicted molar refractivity (Wildman–Crippen MR) is 175 cm³/mol. The van der Waals surface area contributed by atoms with Crippen LogP contribution in [-0.2, 0) is 0 Å². The molecule has 2 nitrogen and oxygen atoms in total. The molecule has 0 radical (unpaired) electrons.